The monoisotopic (exact) mass is 111 g/mol. The topological polar surface area (TPSA) is 12.4 Å². The van der Waals surface area contributed by atoms with Crippen molar-refractivity contribution < 1.29 is 0 Å². The summed E-state index contributed by atoms with van der Waals surface area (Å²) in [6.45, 7) is 7.87. The molecule has 0 amide bonds. The zero-order chi connectivity index (χ0) is 6.57. The summed E-state index contributed by atoms with van der Waals surface area (Å²) in [5, 5.41) is 0. The highest BCUT2D eigenvalue weighted by Crippen LogP contribution is 2.01. The molecule has 8 heavy (non-hydrogen) atoms. The van der Waals surface area contributed by atoms with Crippen molar-refractivity contribution >= 4 is 6.21 Å². The van der Waals surface area contributed by atoms with Crippen molar-refractivity contribution in [2.75, 3.05) is 7.05 Å². The molecule has 0 rings (SSSR count). The van der Waals surface area contributed by atoms with Crippen LogP contribution in [0.1, 0.15) is 13.8 Å². The fourth-order valence-corrected chi connectivity index (χ4v) is 0.351. The van der Waals surface area contributed by atoms with Gasteiger partial charge in [-0.2, -0.15) is 0 Å². The molecule has 1 unspecified atom stereocenters. The van der Waals surface area contributed by atoms with E-state index in [0.29, 0.717) is 5.92 Å². The van der Waals surface area contributed by atoms with Crippen LogP contribution in [0.4, 0.5) is 0 Å². The second-order valence-electron chi connectivity index (χ2n) is 2.04. The van der Waals surface area contributed by atoms with E-state index in [0.717, 1.165) is 5.57 Å². The Morgan fingerprint density at radius 3 is 2.38 bits per heavy atom. The van der Waals surface area contributed by atoms with Gasteiger partial charge in [-0.15, -0.1) is 0 Å². The maximum Gasteiger partial charge on any atom is 0.0273 e. The predicted octanol–water partition coefficient (Wildman–Crippen LogP) is 1.90. The molecule has 0 aliphatic rings. The maximum atomic E-state index is 3.87. The van der Waals surface area contributed by atoms with Gasteiger partial charge in [0.05, 0.1) is 0 Å². The minimum atomic E-state index is 0.431. The molecule has 0 saturated carbocycles. The number of hydrogen-bond acceptors (Lipinski definition) is 1. The molecule has 0 aromatic heterocycles. The molecule has 0 heterocycles. The smallest absolute Gasteiger partial charge is 0.0273 e. The molecule has 0 aromatic carbocycles. The lowest BCUT2D eigenvalue weighted by Gasteiger charge is -2.00. The summed E-state index contributed by atoms with van der Waals surface area (Å²) in [6, 6.07) is 0. The largest absolute Gasteiger partial charge is 0.300 e. The average molecular weight is 111 g/mol. The van der Waals surface area contributed by atoms with Crippen LogP contribution >= 0.6 is 0 Å². The fourth-order valence-electron chi connectivity index (χ4n) is 0.351. The molecule has 1 nitrogen and oxygen atoms in total. The van der Waals surface area contributed by atoms with Crippen LogP contribution in [0.5, 0.6) is 0 Å². The van der Waals surface area contributed by atoms with E-state index in [9.17, 15) is 0 Å². The van der Waals surface area contributed by atoms with Crippen molar-refractivity contribution in [2.24, 2.45) is 10.9 Å². The lowest BCUT2D eigenvalue weighted by molar-refractivity contribution is 0.938. The molecule has 0 spiro atoms. The van der Waals surface area contributed by atoms with Gasteiger partial charge in [-0.05, 0) is 6.92 Å². The normalized spacial score (nSPS) is 14.4. The zero-order valence-corrected chi connectivity index (χ0v) is 5.81. The Morgan fingerprint density at radius 2 is 2.25 bits per heavy atom. The Morgan fingerprint density at radius 1 is 1.75 bits per heavy atom. The summed E-state index contributed by atoms with van der Waals surface area (Å²) in [5.74, 6) is 0.431. The van der Waals surface area contributed by atoms with Crippen molar-refractivity contribution in [2.45, 2.75) is 13.8 Å². The number of allylic oxidation sites excluding steroid dienone is 1. The second-order valence-corrected chi connectivity index (χ2v) is 2.04. The van der Waals surface area contributed by atoms with Crippen LogP contribution in [0, 0.1) is 5.92 Å². The first kappa shape index (κ1) is 7.41. The van der Waals surface area contributed by atoms with E-state index in [1.54, 1.807) is 7.05 Å². The van der Waals surface area contributed by atoms with E-state index in [1.807, 2.05) is 13.1 Å². The van der Waals surface area contributed by atoms with Crippen LogP contribution in [0.2, 0.25) is 0 Å². The van der Waals surface area contributed by atoms with Crippen LogP contribution in [-0.4, -0.2) is 13.3 Å². The number of rotatable bonds is 2. The molecular weight excluding hydrogens is 98.1 g/mol. The van der Waals surface area contributed by atoms with Crippen molar-refractivity contribution in [1.29, 1.82) is 0 Å². The SMILES string of the molecule is C=C(C)C(C)C=NC. The van der Waals surface area contributed by atoms with Crippen molar-refractivity contribution in [3.8, 4) is 0 Å². The van der Waals surface area contributed by atoms with Crippen LogP contribution < -0.4 is 0 Å². The van der Waals surface area contributed by atoms with E-state index >= 15 is 0 Å². The molecule has 0 radical (unpaired) electrons. The van der Waals surface area contributed by atoms with Crippen molar-refractivity contribution in [3.05, 3.63) is 12.2 Å². The molecule has 1 heteroatoms. The zero-order valence-electron chi connectivity index (χ0n) is 5.81. The maximum absolute atomic E-state index is 3.87. The highest BCUT2D eigenvalue weighted by atomic mass is 14.6. The summed E-state index contributed by atoms with van der Waals surface area (Å²) in [5.41, 5.74) is 1.16. The first-order valence-electron chi connectivity index (χ1n) is 2.76. The number of aliphatic imine (C=N–C) groups is 1. The molecule has 0 fully saturated rings. The predicted molar refractivity (Wildman–Crippen MR) is 38.4 cm³/mol. The third-order valence-corrected chi connectivity index (χ3v) is 1.15. The van der Waals surface area contributed by atoms with E-state index < -0.39 is 0 Å². The van der Waals surface area contributed by atoms with Gasteiger partial charge in [0.2, 0.25) is 0 Å². The Kier molecular flexibility index (Phi) is 3.16. The quantitative estimate of drug-likeness (QED) is 0.381. The summed E-state index contributed by atoms with van der Waals surface area (Å²) in [6.07, 6.45) is 1.89. The molecule has 0 aliphatic heterocycles. The average Bonchev–Trinajstić information content (AvgIpc) is 1.67. The van der Waals surface area contributed by atoms with Gasteiger partial charge < -0.3 is 4.99 Å². The third-order valence-electron chi connectivity index (χ3n) is 1.15. The molecule has 1 atom stereocenters. The van der Waals surface area contributed by atoms with Gasteiger partial charge in [0.25, 0.3) is 0 Å². The molecule has 0 aromatic rings. The first-order chi connectivity index (χ1) is 3.68. The van der Waals surface area contributed by atoms with Gasteiger partial charge in [-0.1, -0.05) is 19.1 Å². The van der Waals surface area contributed by atoms with E-state index in [1.165, 1.54) is 0 Å². The highest BCUT2D eigenvalue weighted by Gasteiger charge is 1.93. The number of nitrogens with zero attached hydrogens (tertiary/aromatic N) is 1. The minimum Gasteiger partial charge on any atom is -0.300 e. The Balaban J connectivity index is 3.64. The van der Waals surface area contributed by atoms with E-state index in [4.69, 9.17) is 0 Å². The second kappa shape index (κ2) is 3.42. The molecule has 0 aliphatic carbocycles. The van der Waals surface area contributed by atoms with Gasteiger partial charge in [0.15, 0.2) is 0 Å². The summed E-state index contributed by atoms with van der Waals surface area (Å²) in [4.78, 5) is 3.87. The standard InChI is InChI=1S/C7H13N/c1-6(2)7(3)5-8-4/h5,7H,1H2,2-4H3. The van der Waals surface area contributed by atoms with Crippen LogP contribution in [-0.2, 0) is 0 Å². The molecule has 0 saturated heterocycles. The van der Waals surface area contributed by atoms with Crippen molar-refractivity contribution in [3.63, 3.8) is 0 Å². The van der Waals surface area contributed by atoms with Gasteiger partial charge >= 0.3 is 0 Å². The fraction of sp³-hybridized carbons (Fsp3) is 0.571. The van der Waals surface area contributed by atoms with Gasteiger partial charge in [0, 0.05) is 19.2 Å². The molecule has 0 bridgehead atoms. The summed E-state index contributed by atoms with van der Waals surface area (Å²) < 4.78 is 0. The number of hydrogen-bond donors (Lipinski definition) is 0. The first-order valence-corrected chi connectivity index (χ1v) is 2.76. The minimum absolute atomic E-state index is 0.431. The summed E-state index contributed by atoms with van der Waals surface area (Å²) >= 11 is 0. The third kappa shape index (κ3) is 2.56. The van der Waals surface area contributed by atoms with Crippen molar-refractivity contribution in [1.82, 2.24) is 0 Å². The lowest BCUT2D eigenvalue weighted by Crippen LogP contribution is -1.94. The Hall–Kier alpha value is -0.590. The van der Waals surface area contributed by atoms with Gasteiger partial charge in [-0.3, -0.25) is 0 Å². The highest BCUT2D eigenvalue weighted by molar-refractivity contribution is 5.63. The Bertz CT molecular complexity index is 103. The van der Waals surface area contributed by atoms with Crippen LogP contribution in [0.3, 0.4) is 0 Å². The molecule has 46 valence electrons. The molecule has 0 N–H and O–H groups in total. The van der Waals surface area contributed by atoms with Crippen LogP contribution in [0.15, 0.2) is 17.1 Å². The van der Waals surface area contributed by atoms with E-state index in [-0.39, 0.29) is 0 Å². The summed E-state index contributed by atoms with van der Waals surface area (Å²) in [7, 11) is 1.78. The Labute approximate surface area is 51.1 Å². The van der Waals surface area contributed by atoms with Gasteiger partial charge in [-0.25, -0.2) is 0 Å². The van der Waals surface area contributed by atoms with Gasteiger partial charge in [0.1, 0.15) is 0 Å². The lowest BCUT2D eigenvalue weighted by atomic mass is 10.1. The van der Waals surface area contributed by atoms with Crippen LogP contribution in [0.25, 0.3) is 0 Å². The van der Waals surface area contributed by atoms with E-state index in [2.05, 4.69) is 18.5 Å². The molecular formula is C7H13N.